The first-order valence-electron chi connectivity index (χ1n) is 8.03. The third kappa shape index (κ3) is 4.51. The second kappa shape index (κ2) is 7.89. The molecule has 0 saturated carbocycles. The molecule has 1 amide bonds. The number of aromatic nitrogens is 1. The molecule has 0 fully saturated rings. The summed E-state index contributed by atoms with van der Waals surface area (Å²) in [5.41, 5.74) is 0.877. The van der Waals surface area contributed by atoms with Gasteiger partial charge in [0, 0.05) is 23.6 Å². The average Bonchev–Trinajstić information content (AvgIpc) is 2.68. The quantitative estimate of drug-likeness (QED) is 0.587. The minimum absolute atomic E-state index is 0.138. The van der Waals surface area contributed by atoms with Gasteiger partial charge in [-0.05, 0) is 48.5 Å². The summed E-state index contributed by atoms with van der Waals surface area (Å²) in [7, 11) is -4.00. The highest BCUT2D eigenvalue weighted by molar-refractivity contribution is 7.92. The molecule has 2 aromatic carbocycles. The van der Waals surface area contributed by atoms with Crippen molar-refractivity contribution in [1.29, 1.82) is 0 Å². The van der Waals surface area contributed by atoms with Gasteiger partial charge in [-0.15, -0.1) is 0 Å². The number of nitrogens with zero attached hydrogens (tertiary/aromatic N) is 1. The number of hydrogen-bond acceptors (Lipinski definition) is 5. The molecule has 3 N–H and O–H groups in total. The predicted molar refractivity (Wildman–Crippen MR) is 103 cm³/mol. The van der Waals surface area contributed by atoms with Crippen molar-refractivity contribution >= 4 is 33.3 Å². The number of aromatic carboxylic acids is 1. The standard InChI is InChI=1S/C19H15N3O5S/c23-18(13-7-9-20-10-8-13)21-15-4-2-5-16(12-15)22-28(26,27)17-6-1-3-14(11-17)19(24)25/h1-12,22H,(H,21,23)(H,24,25). The Labute approximate surface area is 160 Å². The van der Waals surface area contributed by atoms with Gasteiger partial charge in [0.15, 0.2) is 0 Å². The van der Waals surface area contributed by atoms with Crippen molar-refractivity contribution < 1.29 is 23.1 Å². The molecule has 0 aliphatic carbocycles. The molecule has 0 bridgehead atoms. The van der Waals surface area contributed by atoms with E-state index in [1.54, 1.807) is 24.3 Å². The summed E-state index contributed by atoms with van der Waals surface area (Å²) < 4.78 is 27.4. The summed E-state index contributed by atoms with van der Waals surface area (Å²) in [6.45, 7) is 0. The molecular weight excluding hydrogens is 382 g/mol. The normalized spacial score (nSPS) is 10.9. The van der Waals surface area contributed by atoms with Gasteiger partial charge in [-0.2, -0.15) is 0 Å². The van der Waals surface area contributed by atoms with E-state index in [4.69, 9.17) is 5.11 Å². The van der Waals surface area contributed by atoms with Crippen molar-refractivity contribution in [1.82, 2.24) is 4.98 Å². The van der Waals surface area contributed by atoms with Crippen LogP contribution in [0.15, 0.2) is 78.0 Å². The number of carbonyl (C=O) groups excluding carboxylic acids is 1. The highest BCUT2D eigenvalue weighted by Gasteiger charge is 2.16. The molecule has 0 unspecified atom stereocenters. The Morgan fingerprint density at radius 1 is 0.857 bits per heavy atom. The van der Waals surface area contributed by atoms with E-state index >= 15 is 0 Å². The van der Waals surface area contributed by atoms with E-state index in [2.05, 4.69) is 15.0 Å². The number of anilines is 2. The van der Waals surface area contributed by atoms with Gasteiger partial charge in [-0.3, -0.25) is 14.5 Å². The third-order valence-corrected chi connectivity index (χ3v) is 5.09. The van der Waals surface area contributed by atoms with E-state index in [1.165, 1.54) is 42.7 Å². The summed E-state index contributed by atoms with van der Waals surface area (Å²) in [6, 6.07) is 14.3. The van der Waals surface area contributed by atoms with Crippen LogP contribution in [0.5, 0.6) is 0 Å². The van der Waals surface area contributed by atoms with Crippen LogP contribution in [0.25, 0.3) is 0 Å². The van der Waals surface area contributed by atoms with Gasteiger partial charge >= 0.3 is 5.97 Å². The van der Waals surface area contributed by atoms with Crippen molar-refractivity contribution in [2.24, 2.45) is 0 Å². The monoisotopic (exact) mass is 397 g/mol. The zero-order chi connectivity index (χ0) is 20.1. The average molecular weight is 397 g/mol. The van der Waals surface area contributed by atoms with Crippen LogP contribution < -0.4 is 10.0 Å². The molecule has 0 saturated heterocycles. The Balaban J connectivity index is 1.79. The largest absolute Gasteiger partial charge is 0.478 e. The first-order valence-corrected chi connectivity index (χ1v) is 9.51. The predicted octanol–water partition coefficient (Wildman–Crippen LogP) is 2.83. The number of sulfonamides is 1. The van der Waals surface area contributed by atoms with Crippen LogP contribution in [0.3, 0.4) is 0 Å². The molecule has 3 aromatic rings. The van der Waals surface area contributed by atoms with Crippen LogP contribution in [0.4, 0.5) is 11.4 Å². The molecule has 1 heterocycles. The summed E-state index contributed by atoms with van der Waals surface area (Å²) in [6.07, 6.45) is 2.98. The maximum absolute atomic E-state index is 12.5. The topological polar surface area (TPSA) is 125 Å². The number of pyridine rings is 1. The van der Waals surface area contributed by atoms with Gasteiger partial charge in [0.25, 0.3) is 15.9 Å². The van der Waals surface area contributed by atoms with Gasteiger partial charge in [0.2, 0.25) is 0 Å². The zero-order valence-electron chi connectivity index (χ0n) is 14.4. The summed E-state index contributed by atoms with van der Waals surface area (Å²) in [4.78, 5) is 26.9. The Bertz CT molecular complexity index is 1130. The molecule has 0 spiro atoms. The molecule has 0 atom stereocenters. The van der Waals surface area contributed by atoms with Gasteiger partial charge in [-0.25, -0.2) is 13.2 Å². The molecule has 8 nitrogen and oxygen atoms in total. The van der Waals surface area contributed by atoms with E-state index in [1.807, 2.05) is 0 Å². The Kier molecular flexibility index (Phi) is 5.37. The molecular formula is C19H15N3O5S. The van der Waals surface area contributed by atoms with Gasteiger partial charge < -0.3 is 10.4 Å². The highest BCUT2D eigenvalue weighted by Crippen LogP contribution is 2.20. The van der Waals surface area contributed by atoms with Crippen LogP contribution in [0.2, 0.25) is 0 Å². The van der Waals surface area contributed by atoms with Crippen molar-refractivity contribution in [2.75, 3.05) is 10.0 Å². The fourth-order valence-electron chi connectivity index (χ4n) is 2.38. The van der Waals surface area contributed by atoms with Crippen LogP contribution in [0, 0.1) is 0 Å². The maximum atomic E-state index is 12.5. The van der Waals surface area contributed by atoms with Crippen LogP contribution in [-0.4, -0.2) is 30.4 Å². The molecule has 9 heteroatoms. The summed E-state index contributed by atoms with van der Waals surface area (Å²) in [5, 5.41) is 11.7. The van der Waals surface area contributed by atoms with Crippen LogP contribution in [-0.2, 0) is 10.0 Å². The minimum Gasteiger partial charge on any atom is -0.478 e. The summed E-state index contributed by atoms with van der Waals surface area (Å²) in [5.74, 6) is -1.59. The lowest BCUT2D eigenvalue weighted by Gasteiger charge is -2.11. The molecule has 0 aliphatic rings. The van der Waals surface area contributed by atoms with Gasteiger partial charge in [0.05, 0.1) is 16.1 Å². The molecule has 0 aliphatic heterocycles. The van der Waals surface area contributed by atoms with E-state index < -0.39 is 16.0 Å². The van der Waals surface area contributed by atoms with E-state index in [0.29, 0.717) is 11.3 Å². The van der Waals surface area contributed by atoms with Crippen molar-refractivity contribution in [3.05, 3.63) is 84.2 Å². The van der Waals surface area contributed by atoms with Crippen LogP contribution >= 0.6 is 0 Å². The fourth-order valence-corrected chi connectivity index (χ4v) is 3.47. The third-order valence-electron chi connectivity index (χ3n) is 3.71. The van der Waals surface area contributed by atoms with Crippen molar-refractivity contribution in [3.8, 4) is 0 Å². The Morgan fingerprint density at radius 3 is 2.25 bits per heavy atom. The molecule has 28 heavy (non-hydrogen) atoms. The van der Waals surface area contributed by atoms with Crippen LogP contribution in [0.1, 0.15) is 20.7 Å². The number of carboxylic acid groups (broad SMARTS) is 1. The highest BCUT2D eigenvalue weighted by atomic mass is 32.2. The lowest BCUT2D eigenvalue weighted by molar-refractivity contribution is 0.0696. The Morgan fingerprint density at radius 2 is 1.54 bits per heavy atom. The zero-order valence-corrected chi connectivity index (χ0v) is 15.2. The SMILES string of the molecule is O=C(O)c1cccc(S(=O)(=O)Nc2cccc(NC(=O)c3ccncc3)c2)c1. The molecule has 1 aromatic heterocycles. The van der Waals surface area contributed by atoms with Gasteiger partial charge in [-0.1, -0.05) is 12.1 Å². The number of hydrogen-bond donors (Lipinski definition) is 3. The maximum Gasteiger partial charge on any atom is 0.335 e. The van der Waals surface area contributed by atoms with E-state index in [-0.39, 0.29) is 22.1 Å². The minimum atomic E-state index is -4.00. The number of nitrogens with one attached hydrogen (secondary N) is 2. The first-order chi connectivity index (χ1) is 13.3. The summed E-state index contributed by atoms with van der Waals surface area (Å²) >= 11 is 0. The van der Waals surface area contributed by atoms with Crippen molar-refractivity contribution in [2.45, 2.75) is 4.90 Å². The fraction of sp³-hybridized carbons (Fsp3) is 0. The molecule has 3 rings (SSSR count). The molecule has 0 radical (unpaired) electrons. The Hall–Kier alpha value is -3.72. The van der Waals surface area contributed by atoms with E-state index in [9.17, 15) is 18.0 Å². The molecule has 142 valence electrons. The lowest BCUT2D eigenvalue weighted by Crippen LogP contribution is -2.15. The number of benzene rings is 2. The number of carboxylic acids is 1. The second-order valence-corrected chi connectivity index (χ2v) is 7.39. The van der Waals surface area contributed by atoms with Crippen molar-refractivity contribution in [3.63, 3.8) is 0 Å². The number of carbonyl (C=O) groups is 2. The first kappa shape index (κ1) is 19.1. The second-order valence-electron chi connectivity index (χ2n) is 5.71. The smallest absolute Gasteiger partial charge is 0.335 e. The van der Waals surface area contributed by atoms with Gasteiger partial charge in [0.1, 0.15) is 0 Å². The number of rotatable bonds is 6. The number of amides is 1. The lowest BCUT2D eigenvalue weighted by atomic mass is 10.2. The van der Waals surface area contributed by atoms with E-state index in [0.717, 1.165) is 6.07 Å².